The van der Waals surface area contributed by atoms with E-state index in [-0.39, 0.29) is 31.1 Å². The van der Waals surface area contributed by atoms with Crippen molar-refractivity contribution in [3.63, 3.8) is 0 Å². The van der Waals surface area contributed by atoms with Gasteiger partial charge in [-0.3, -0.25) is 14.4 Å². The van der Waals surface area contributed by atoms with Crippen LogP contribution in [0.5, 0.6) is 0 Å². The highest BCUT2D eigenvalue weighted by molar-refractivity contribution is 5.71. The van der Waals surface area contributed by atoms with Gasteiger partial charge in [0.05, 0.1) is 0 Å². The number of esters is 3. The highest BCUT2D eigenvalue weighted by Crippen LogP contribution is 2.16. The second-order valence-electron chi connectivity index (χ2n) is 21.3. The molecule has 0 radical (unpaired) electrons. The van der Waals surface area contributed by atoms with Gasteiger partial charge in [-0.15, -0.1) is 0 Å². The molecule has 0 amide bonds. The molecule has 78 heavy (non-hydrogen) atoms. The molecule has 0 bridgehead atoms. The summed E-state index contributed by atoms with van der Waals surface area (Å²) in [4.78, 5) is 38.3. The molecule has 0 N–H and O–H groups in total. The standard InChI is InChI=1S/C72H120O6/c1-4-7-10-13-16-19-22-25-27-29-31-32-33-34-35-36-37-38-39-40-41-43-44-47-50-53-56-59-62-65-71(74)77-68-69(67-76-70(73)64-61-58-55-52-49-46-24-21-18-15-12-9-6-3)78-72(75)66-63-60-57-54-51-48-45-42-30-28-26-23-20-17-14-11-8-5-2/h7,9-10,12,16,18-19,21,25,27-28,30-32,34-35,37-38,46,49,69H,4-6,8,11,13-15,17,20,22-24,26,29,33,36,39-45,47-48,50-68H2,1-3H3/b10-7-,12-9-,19-16-,21-18-,27-25-,30-28-,32-31-,35-34-,38-37-,49-46-. The lowest BCUT2D eigenvalue weighted by molar-refractivity contribution is -0.167. The van der Waals surface area contributed by atoms with E-state index in [0.29, 0.717) is 19.3 Å². The molecule has 1 atom stereocenters. The first kappa shape index (κ1) is 73.8. The van der Waals surface area contributed by atoms with Crippen LogP contribution in [-0.2, 0) is 28.6 Å². The van der Waals surface area contributed by atoms with Crippen LogP contribution in [0.15, 0.2) is 122 Å². The van der Waals surface area contributed by atoms with Crippen LogP contribution < -0.4 is 0 Å². The molecule has 6 nitrogen and oxygen atoms in total. The molecule has 1 unspecified atom stereocenters. The van der Waals surface area contributed by atoms with E-state index in [1.807, 2.05) is 0 Å². The minimum absolute atomic E-state index is 0.0927. The van der Waals surface area contributed by atoms with E-state index in [1.165, 1.54) is 135 Å². The van der Waals surface area contributed by atoms with Crippen LogP contribution in [0, 0.1) is 0 Å². The first-order valence-electron chi connectivity index (χ1n) is 32.5. The van der Waals surface area contributed by atoms with Crippen molar-refractivity contribution < 1.29 is 28.6 Å². The second-order valence-corrected chi connectivity index (χ2v) is 21.3. The zero-order chi connectivity index (χ0) is 56.4. The highest BCUT2D eigenvalue weighted by Gasteiger charge is 2.19. The first-order chi connectivity index (χ1) is 38.5. The lowest BCUT2D eigenvalue weighted by Gasteiger charge is -2.18. The number of rotatable bonds is 58. The zero-order valence-electron chi connectivity index (χ0n) is 50.9. The van der Waals surface area contributed by atoms with Crippen LogP contribution in [0.4, 0.5) is 0 Å². The van der Waals surface area contributed by atoms with Crippen LogP contribution in [0.2, 0.25) is 0 Å². The third-order valence-electron chi connectivity index (χ3n) is 13.7. The van der Waals surface area contributed by atoms with Crippen LogP contribution >= 0.6 is 0 Å². The first-order valence-corrected chi connectivity index (χ1v) is 32.5. The third-order valence-corrected chi connectivity index (χ3v) is 13.7. The number of hydrogen-bond donors (Lipinski definition) is 0. The molecule has 0 fully saturated rings. The van der Waals surface area contributed by atoms with Crippen molar-refractivity contribution in [2.45, 2.75) is 303 Å². The van der Waals surface area contributed by atoms with Gasteiger partial charge in [0.25, 0.3) is 0 Å². The fourth-order valence-corrected chi connectivity index (χ4v) is 8.87. The molecule has 444 valence electrons. The molecule has 0 aromatic heterocycles. The van der Waals surface area contributed by atoms with E-state index in [9.17, 15) is 14.4 Å². The van der Waals surface area contributed by atoms with Gasteiger partial charge in [0.15, 0.2) is 6.10 Å². The Labute approximate surface area is 482 Å². The van der Waals surface area contributed by atoms with Crippen molar-refractivity contribution in [1.82, 2.24) is 0 Å². The van der Waals surface area contributed by atoms with Gasteiger partial charge >= 0.3 is 17.9 Å². The van der Waals surface area contributed by atoms with Crippen LogP contribution in [0.3, 0.4) is 0 Å². The Morgan fingerprint density at radius 2 is 0.500 bits per heavy atom. The molecule has 0 saturated carbocycles. The summed E-state index contributed by atoms with van der Waals surface area (Å²) in [6.07, 6.45) is 90.7. The lowest BCUT2D eigenvalue weighted by atomic mass is 10.1. The fourth-order valence-electron chi connectivity index (χ4n) is 8.87. The predicted molar refractivity (Wildman–Crippen MR) is 339 cm³/mol. The lowest BCUT2D eigenvalue weighted by Crippen LogP contribution is -2.30. The Morgan fingerprint density at radius 3 is 0.808 bits per heavy atom. The normalized spacial score (nSPS) is 12.9. The molecule has 0 aliphatic carbocycles. The van der Waals surface area contributed by atoms with Gasteiger partial charge in [-0.2, -0.15) is 0 Å². The largest absolute Gasteiger partial charge is 0.462 e. The van der Waals surface area contributed by atoms with Crippen LogP contribution in [0.1, 0.15) is 297 Å². The van der Waals surface area contributed by atoms with Crippen LogP contribution in [0.25, 0.3) is 0 Å². The van der Waals surface area contributed by atoms with Crippen molar-refractivity contribution in [2.24, 2.45) is 0 Å². The maximum atomic E-state index is 12.9. The maximum absolute atomic E-state index is 12.9. The van der Waals surface area contributed by atoms with Gasteiger partial charge in [0.1, 0.15) is 13.2 Å². The molecule has 0 aliphatic rings. The summed E-state index contributed by atoms with van der Waals surface area (Å²) in [5.41, 5.74) is 0. The Balaban J connectivity index is 4.32. The third kappa shape index (κ3) is 62.7. The van der Waals surface area contributed by atoms with Crippen molar-refractivity contribution >= 4 is 17.9 Å². The Bertz CT molecular complexity index is 1620. The number of carbonyl (C=O) groups is 3. The molecule has 6 heteroatoms. The monoisotopic (exact) mass is 1080 g/mol. The molecule has 0 aliphatic heterocycles. The Morgan fingerprint density at radius 1 is 0.269 bits per heavy atom. The summed E-state index contributed by atoms with van der Waals surface area (Å²) >= 11 is 0. The van der Waals surface area contributed by atoms with E-state index in [0.717, 1.165) is 122 Å². The second kappa shape index (κ2) is 65.3. The summed E-state index contributed by atoms with van der Waals surface area (Å²) in [6, 6.07) is 0. The summed E-state index contributed by atoms with van der Waals surface area (Å²) in [7, 11) is 0. The summed E-state index contributed by atoms with van der Waals surface area (Å²) in [5, 5.41) is 0. The molecular formula is C72H120O6. The minimum Gasteiger partial charge on any atom is -0.462 e. The Hall–Kier alpha value is -4.19. The van der Waals surface area contributed by atoms with E-state index < -0.39 is 6.10 Å². The molecule has 0 saturated heterocycles. The van der Waals surface area contributed by atoms with Gasteiger partial charge in [-0.25, -0.2) is 0 Å². The van der Waals surface area contributed by atoms with Gasteiger partial charge in [-0.05, 0) is 128 Å². The van der Waals surface area contributed by atoms with Crippen molar-refractivity contribution in [3.05, 3.63) is 122 Å². The fraction of sp³-hybridized carbons (Fsp3) is 0.681. The Kier molecular flexibility index (Phi) is 61.8. The predicted octanol–water partition coefficient (Wildman–Crippen LogP) is 22.4. The number of hydrogen-bond acceptors (Lipinski definition) is 6. The zero-order valence-corrected chi connectivity index (χ0v) is 50.9. The molecule has 0 aromatic carbocycles. The van der Waals surface area contributed by atoms with Gasteiger partial charge < -0.3 is 14.2 Å². The van der Waals surface area contributed by atoms with E-state index in [2.05, 4.69) is 142 Å². The summed E-state index contributed by atoms with van der Waals surface area (Å²) < 4.78 is 16.9. The van der Waals surface area contributed by atoms with E-state index in [4.69, 9.17) is 14.2 Å². The topological polar surface area (TPSA) is 78.9 Å². The van der Waals surface area contributed by atoms with E-state index in [1.54, 1.807) is 0 Å². The summed E-state index contributed by atoms with van der Waals surface area (Å²) in [6.45, 7) is 6.39. The van der Waals surface area contributed by atoms with Crippen molar-refractivity contribution in [2.75, 3.05) is 13.2 Å². The minimum atomic E-state index is -0.798. The van der Waals surface area contributed by atoms with Gasteiger partial charge in [0, 0.05) is 19.3 Å². The molecule has 0 heterocycles. The smallest absolute Gasteiger partial charge is 0.306 e. The number of ether oxygens (including phenoxy) is 3. The average molecular weight is 1080 g/mol. The number of allylic oxidation sites excluding steroid dienone is 20. The average Bonchev–Trinajstić information content (AvgIpc) is 3.44. The van der Waals surface area contributed by atoms with Crippen LogP contribution in [-0.4, -0.2) is 37.2 Å². The summed E-state index contributed by atoms with van der Waals surface area (Å²) in [5.74, 6) is -0.926. The van der Waals surface area contributed by atoms with Crippen molar-refractivity contribution in [3.8, 4) is 0 Å². The quantitative estimate of drug-likeness (QED) is 0.0261. The molecule has 0 rings (SSSR count). The van der Waals surface area contributed by atoms with E-state index >= 15 is 0 Å². The SMILES string of the molecule is CC/C=C\C/C=C\C/C=C\C/C=C\C/C=C\C/C=C\CCCCCCCCCCCCC(=O)OCC(COC(=O)CCCCC/C=C\C/C=C\C/C=C\CC)OC(=O)CCCCCCCCC/C=C\CCCCCCCCC. The van der Waals surface area contributed by atoms with Gasteiger partial charge in [0.2, 0.25) is 0 Å². The maximum Gasteiger partial charge on any atom is 0.306 e. The highest BCUT2D eigenvalue weighted by atomic mass is 16.6. The molecule has 0 aromatic rings. The number of carbonyl (C=O) groups excluding carboxylic acids is 3. The van der Waals surface area contributed by atoms with Gasteiger partial charge in [-0.1, -0.05) is 271 Å². The number of unbranched alkanes of at least 4 members (excludes halogenated alkanes) is 27. The molecule has 0 spiro atoms. The molecular weight excluding hydrogens is 961 g/mol. The van der Waals surface area contributed by atoms with Crippen molar-refractivity contribution in [1.29, 1.82) is 0 Å².